The SMILES string of the molecule is O=C1NCCN(C(=O)c2cnc(-c3ccccc3)c(-c3ccccc3)n2)[C@H]1c1ccccc1. The smallest absolute Gasteiger partial charge is 0.275 e. The molecule has 6 heteroatoms. The summed E-state index contributed by atoms with van der Waals surface area (Å²) in [5, 5.41) is 2.87. The number of hydrogen-bond acceptors (Lipinski definition) is 4. The first kappa shape index (κ1) is 20.6. The summed E-state index contributed by atoms with van der Waals surface area (Å²) in [4.78, 5) is 37.3. The van der Waals surface area contributed by atoms with Gasteiger partial charge in [-0.2, -0.15) is 0 Å². The lowest BCUT2D eigenvalue weighted by atomic mass is 10.0. The normalized spacial score (nSPS) is 15.7. The number of carbonyl (C=O) groups is 2. The van der Waals surface area contributed by atoms with E-state index in [9.17, 15) is 9.59 Å². The largest absolute Gasteiger partial charge is 0.352 e. The van der Waals surface area contributed by atoms with Crippen LogP contribution in [-0.2, 0) is 4.79 Å². The van der Waals surface area contributed by atoms with Crippen molar-refractivity contribution in [2.24, 2.45) is 0 Å². The van der Waals surface area contributed by atoms with Crippen LogP contribution < -0.4 is 5.32 Å². The predicted molar refractivity (Wildman–Crippen MR) is 126 cm³/mol. The van der Waals surface area contributed by atoms with Crippen LogP contribution in [0.4, 0.5) is 0 Å². The zero-order chi connectivity index (χ0) is 22.6. The quantitative estimate of drug-likeness (QED) is 0.524. The van der Waals surface area contributed by atoms with Crippen molar-refractivity contribution in [1.29, 1.82) is 0 Å². The highest BCUT2D eigenvalue weighted by Crippen LogP contribution is 2.30. The van der Waals surface area contributed by atoms with Gasteiger partial charge in [0.1, 0.15) is 11.7 Å². The molecule has 0 unspecified atom stereocenters. The molecule has 0 spiro atoms. The lowest BCUT2D eigenvalue weighted by Crippen LogP contribution is -2.52. The number of carbonyl (C=O) groups excluding carboxylic acids is 2. The average Bonchev–Trinajstić information content (AvgIpc) is 2.89. The van der Waals surface area contributed by atoms with Crippen molar-refractivity contribution < 1.29 is 9.59 Å². The van der Waals surface area contributed by atoms with Gasteiger partial charge in [0.05, 0.1) is 17.6 Å². The number of hydrogen-bond donors (Lipinski definition) is 1. The van der Waals surface area contributed by atoms with Gasteiger partial charge in [-0.05, 0) is 5.56 Å². The number of piperazine rings is 1. The van der Waals surface area contributed by atoms with Crippen molar-refractivity contribution in [3.05, 3.63) is 108 Å². The molecular formula is C27H22N4O2. The second kappa shape index (κ2) is 9.04. The van der Waals surface area contributed by atoms with Gasteiger partial charge in [-0.25, -0.2) is 4.98 Å². The van der Waals surface area contributed by atoms with E-state index in [4.69, 9.17) is 4.98 Å². The van der Waals surface area contributed by atoms with Crippen LogP contribution in [0.25, 0.3) is 22.5 Å². The van der Waals surface area contributed by atoms with Crippen LogP contribution in [0.2, 0.25) is 0 Å². The van der Waals surface area contributed by atoms with E-state index in [1.165, 1.54) is 6.20 Å². The molecule has 162 valence electrons. The minimum atomic E-state index is -0.705. The average molecular weight is 434 g/mol. The van der Waals surface area contributed by atoms with E-state index in [1.54, 1.807) is 4.90 Å². The summed E-state index contributed by atoms with van der Waals surface area (Å²) in [5.41, 5.74) is 4.10. The summed E-state index contributed by atoms with van der Waals surface area (Å²) < 4.78 is 0. The standard InChI is InChI=1S/C27H22N4O2/c32-26-25(21-14-8-3-9-15-21)31(17-16-28-26)27(33)22-18-29-23(19-10-4-1-5-11-19)24(30-22)20-12-6-2-7-13-20/h1-15,18,25H,16-17H2,(H,28,32)/t25-/m0/s1. The van der Waals surface area contributed by atoms with E-state index in [-0.39, 0.29) is 17.5 Å². The third kappa shape index (κ3) is 4.11. The molecule has 4 aromatic rings. The first-order valence-electron chi connectivity index (χ1n) is 10.8. The van der Waals surface area contributed by atoms with Crippen LogP contribution >= 0.6 is 0 Å². The van der Waals surface area contributed by atoms with Gasteiger partial charge in [0.2, 0.25) is 5.91 Å². The molecule has 0 saturated carbocycles. The fraction of sp³-hybridized carbons (Fsp3) is 0.111. The maximum absolute atomic E-state index is 13.6. The molecule has 1 atom stereocenters. The number of nitrogens with one attached hydrogen (secondary N) is 1. The Morgan fingerprint density at radius 1 is 0.818 bits per heavy atom. The van der Waals surface area contributed by atoms with Gasteiger partial charge >= 0.3 is 0 Å². The predicted octanol–water partition coefficient (Wildman–Crippen LogP) is 4.12. The first-order valence-corrected chi connectivity index (χ1v) is 10.8. The van der Waals surface area contributed by atoms with Gasteiger partial charge in [-0.3, -0.25) is 14.6 Å². The summed E-state index contributed by atoms with van der Waals surface area (Å²) in [6, 6.07) is 28.1. The molecule has 6 nitrogen and oxygen atoms in total. The van der Waals surface area contributed by atoms with Gasteiger partial charge < -0.3 is 10.2 Å². The highest BCUT2D eigenvalue weighted by atomic mass is 16.2. The molecule has 1 aromatic heterocycles. The van der Waals surface area contributed by atoms with E-state index in [2.05, 4.69) is 10.3 Å². The van der Waals surface area contributed by atoms with Crippen LogP contribution in [0.5, 0.6) is 0 Å². The Labute approximate surface area is 191 Å². The zero-order valence-corrected chi connectivity index (χ0v) is 17.9. The minimum Gasteiger partial charge on any atom is -0.352 e. The van der Waals surface area contributed by atoms with E-state index in [0.29, 0.717) is 24.5 Å². The molecule has 5 rings (SSSR count). The Morgan fingerprint density at radius 3 is 2.03 bits per heavy atom. The first-order chi connectivity index (χ1) is 16.2. The van der Waals surface area contributed by atoms with Crippen molar-refractivity contribution in [2.75, 3.05) is 13.1 Å². The van der Waals surface area contributed by atoms with Crippen LogP contribution in [0.15, 0.2) is 97.2 Å². The van der Waals surface area contributed by atoms with Crippen molar-refractivity contribution in [3.8, 4) is 22.5 Å². The van der Waals surface area contributed by atoms with Gasteiger partial charge in [0, 0.05) is 24.2 Å². The van der Waals surface area contributed by atoms with Gasteiger partial charge in [0.25, 0.3) is 5.91 Å². The Morgan fingerprint density at radius 2 is 1.39 bits per heavy atom. The molecule has 0 radical (unpaired) electrons. The third-order valence-electron chi connectivity index (χ3n) is 5.67. The van der Waals surface area contributed by atoms with Crippen molar-refractivity contribution in [3.63, 3.8) is 0 Å². The van der Waals surface area contributed by atoms with Crippen molar-refractivity contribution in [1.82, 2.24) is 20.2 Å². The second-order valence-electron chi connectivity index (χ2n) is 7.79. The Kier molecular flexibility index (Phi) is 5.64. The van der Waals surface area contributed by atoms with E-state index < -0.39 is 6.04 Å². The summed E-state index contributed by atoms with van der Waals surface area (Å²) in [5.74, 6) is -0.513. The number of nitrogens with zero attached hydrogens (tertiary/aromatic N) is 3. The van der Waals surface area contributed by atoms with Crippen LogP contribution in [0.3, 0.4) is 0 Å². The summed E-state index contributed by atoms with van der Waals surface area (Å²) in [6.07, 6.45) is 1.51. The maximum Gasteiger partial charge on any atom is 0.275 e. The van der Waals surface area contributed by atoms with Gasteiger partial charge in [-0.1, -0.05) is 91.0 Å². The lowest BCUT2D eigenvalue weighted by molar-refractivity contribution is -0.128. The van der Waals surface area contributed by atoms with Crippen LogP contribution in [0.1, 0.15) is 22.1 Å². The summed E-state index contributed by atoms with van der Waals surface area (Å²) in [6.45, 7) is 0.794. The molecule has 1 aliphatic rings. The number of aromatic nitrogens is 2. The van der Waals surface area contributed by atoms with Crippen LogP contribution in [-0.4, -0.2) is 39.8 Å². The number of benzene rings is 3. The minimum absolute atomic E-state index is 0.196. The molecule has 1 saturated heterocycles. The number of amides is 2. The topological polar surface area (TPSA) is 75.2 Å². The maximum atomic E-state index is 13.6. The van der Waals surface area contributed by atoms with E-state index >= 15 is 0 Å². The second-order valence-corrected chi connectivity index (χ2v) is 7.79. The summed E-state index contributed by atoms with van der Waals surface area (Å²) in [7, 11) is 0. The Balaban J connectivity index is 1.58. The lowest BCUT2D eigenvalue weighted by Gasteiger charge is -2.35. The monoisotopic (exact) mass is 434 g/mol. The van der Waals surface area contributed by atoms with Crippen molar-refractivity contribution in [2.45, 2.75) is 6.04 Å². The molecule has 1 aliphatic heterocycles. The molecule has 2 heterocycles. The summed E-state index contributed by atoms with van der Waals surface area (Å²) >= 11 is 0. The molecule has 33 heavy (non-hydrogen) atoms. The molecule has 0 bridgehead atoms. The zero-order valence-electron chi connectivity index (χ0n) is 17.9. The van der Waals surface area contributed by atoms with Crippen LogP contribution in [0, 0.1) is 0 Å². The van der Waals surface area contributed by atoms with E-state index in [1.807, 2.05) is 91.0 Å². The molecule has 1 fully saturated rings. The number of rotatable bonds is 4. The van der Waals surface area contributed by atoms with Gasteiger partial charge in [-0.15, -0.1) is 0 Å². The molecular weight excluding hydrogens is 412 g/mol. The van der Waals surface area contributed by atoms with E-state index in [0.717, 1.165) is 16.7 Å². The Hall–Kier alpha value is -4.32. The molecule has 1 N–H and O–H groups in total. The molecule has 3 aromatic carbocycles. The third-order valence-corrected chi connectivity index (χ3v) is 5.67. The highest BCUT2D eigenvalue weighted by Gasteiger charge is 2.35. The van der Waals surface area contributed by atoms with Gasteiger partial charge in [0.15, 0.2) is 0 Å². The molecule has 0 aliphatic carbocycles. The Bertz CT molecular complexity index is 1280. The highest BCUT2D eigenvalue weighted by molar-refractivity contribution is 5.98. The fourth-order valence-electron chi connectivity index (χ4n) is 4.10. The van der Waals surface area contributed by atoms with Crippen molar-refractivity contribution >= 4 is 11.8 Å². The molecule has 2 amide bonds. The fourth-order valence-corrected chi connectivity index (χ4v) is 4.10.